The number of fused-ring (bicyclic) bond motifs is 1. The van der Waals surface area contributed by atoms with Gasteiger partial charge in [0.15, 0.2) is 9.84 Å². The van der Waals surface area contributed by atoms with Crippen molar-refractivity contribution in [2.75, 3.05) is 29.9 Å². The van der Waals surface area contributed by atoms with Gasteiger partial charge in [-0.15, -0.1) is 0 Å². The second kappa shape index (κ2) is 6.81. The average molecular weight is 346 g/mol. The molecule has 128 valence electrons. The SMILES string of the molecule is CCN(C(=O)CNc1ccc2ccccc2c1)C1CCS(=O)(=O)C1. The highest BCUT2D eigenvalue weighted by Gasteiger charge is 2.33. The van der Waals surface area contributed by atoms with E-state index in [1.165, 1.54) is 0 Å². The first kappa shape index (κ1) is 16.8. The minimum absolute atomic E-state index is 0.0623. The van der Waals surface area contributed by atoms with E-state index in [0.29, 0.717) is 13.0 Å². The van der Waals surface area contributed by atoms with E-state index in [1.807, 2.05) is 49.4 Å². The quantitative estimate of drug-likeness (QED) is 0.902. The van der Waals surface area contributed by atoms with Crippen LogP contribution in [-0.2, 0) is 14.6 Å². The Kier molecular flexibility index (Phi) is 4.76. The lowest BCUT2D eigenvalue weighted by molar-refractivity contribution is -0.130. The molecule has 24 heavy (non-hydrogen) atoms. The van der Waals surface area contributed by atoms with Gasteiger partial charge in [0, 0.05) is 18.3 Å². The van der Waals surface area contributed by atoms with E-state index in [1.54, 1.807) is 4.90 Å². The number of nitrogens with zero attached hydrogens (tertiary/aromatic N) is 1. The Morgan fingerprint density at radius 2 is 1.96 bits per heavy atom. The van der Waals surface area contributed by atoms with Crippen molar-refractivity contribution in [3.8, 4) is 0 Å². The molecule has 1 fully saturated rings. The number of benzene rings is 2. The second-order valence-electron chi connectivity index (χ2n) is 6.15. The minimum Gasteiger partial charge on any atom is -0.376 e. The van der Waals surface area contributed by atoms with Crippen LogP contribution in [-0.4, -0.2) is 49.9 Å². The Morgan fingerprint density at radius 3 is 2.62 bits per heavy atom. The third-order valence-electron chi connectivity index (χ3n) is 4.50. The first-order chi connectivity index (χ1) is 11.5. The van der Waals surface area contributed by atoms with E-state index in [-0.39, 0.29) is 30.0 Å². The number of hydrogen-bond donors (Lipinski definition) is 1. The highest BCUT2D eigenvalue weighted by Crippen LogP contribution is 2.20. The molecule has 2 aromatic rings. The molecule has 1 atom stereocenters. The second-order valence-corrected chi connectivity index (χ2v) is 8.38. The van der Waals surface area contributed by atoms with Crippen molar-refractivity contribution in [3.05, 3.63) is 42.5 Å². The lowest BCUT2D eigenvalue weighted by Gasteiger charge is -2.27. The first-order valence-corrected chi connectivity index (χ1v) is 10.0. The van der Waals surface area contributed by atoms with Crippen LogP contribution in [0.25, 0.3) is 10.8 Å². The van der Waals surface area contributed by atoms with Crippen molar-refractivity contribution >= 4 is 32.2 Å². The summed E-state index contributed by atoms with van der Waals surface area (Å²) in [5.41, 5.74) is 0.886. The summed E-state index contributed by atoms with van der Waals surface area (Å²) < 4.78 is 23.3. The van der Waals surface area contributed by atoms with Gasteiger partial charge in [-0.2, -0.15) is 0 Å². The Balaban J connectivity index is 1.64. The minimum atomic E-state index is -2.99. The fourth-order valence-electron chi connectivity index (χ4n) is 3.24. The van der Waals surface area contributed by atoms with Gasteiger partial charge >= 0.3 is 0 Å². The number of sulfone groups is 1. The third-order valence-corrected chi connectivity index (χ3v) is 6.25. The van der Waals surface area contributed by atoms with Crippen molar-refractivity contribution in [3.63, 3.8) is 0 Å². The molecule has 1 amide bonds. The molecule has 0 bridgehead atoms. The van der Waals surface area contributed by atoms with Crippen LogP contribution in [0.3, 0.4) is 0 Å². The fourth-order valence-corrected chi connectivity index (χ4v) is 4.97. The zero-order chi connectivity index (χ0) is 17.2. The zero-order valence-electron chi connectivity index (χ0n) is 13.7. The van der Waals surface area contributed by atoms with Gasteiger partial charge in [0.25, 0.3) is 0 Å². The van der Waals surface area contributed by atoms with E-state index in [2.05, 4.69) is 5.32 Å². The summed E-state index contributed by atoms with van der Waals surface area (Å²) in [5, 5.41) is 5.42. The third kappa shape index (κ3) is 3.70. The maximum absolute atomic E-state index is 12.5. The Morgan fingerprint density at radius 1 is 1.21 bits per heavy atom. The summed E-state index contributed by atoms with van der Waals surface area (Å²) in [5.74, 6) is 0.204. The number of nitrogens with one attached hydrogen (secondary N) is 1. The molecule has 0 aromatic heterocycles. The molecular formula is C18H22N2O3S. The van der Waals surface area contributed by atoms with Gasteiger partial charge in [-0.25, -0.2) is 8.42 Å². The lowest BCUT2D eigenvalue weighted by atomic mass is 10.1. The highest BCUT2D eigenvalue weighted by molar-refractivity contribution is 7.91. The number of rotatable bonds is 5. The standard InChI is InChI=1S/C18H22N2O3S/c1-2-20(17-9-10-24(22,23)13-17)18(21)12-19-16-8-7-14-5-3-4-6-15(14)11-16/h3-8,11,17,19H,2,9-10,12-13H2,1H3. The van der Waals surface area contributed by atoms with Crippen LogP contribution in [0.1, 0.15) is 13.3 Å². The zero-order valence-corrected chi connectivity index (χ0v) is 14.6. The van der Waals surface area contributed by atoms with Gasteiger partial charge < -0.3 is 10.2 Å². The van der Waals surface area contributed by atoms with Crippen LogP contribution in [0.2, 0.25) is 0 Å². The largest absolute Gasteiger partial charge is 0.376 e. The number of amides is 1. The van der Waals surface area contributed by atoms with E-state index in [4.69, 9.17) is 0 Å². The van der Waals surface area contributed by atoms with Crippen molar-refractivity contribution in [1.29, 1.82) is 0 Å². The fraction of sp³-hybridized carbons (Fsp3) is 0.389. The number of carbonyl (C=O) groups is 1. The van der Waals surface area contributed by atoms with Gasteiger partial charge in [0.05, 0.1) is 18.1 Å². The van der Waals surface area contributed by atoms with Gasteiger partial charge in [-0.05, 0) is 36.2 Å². The number of carbonyl (C=O) groups excluding carboxylic acids is 1. The smallest absolute Gasteiger partial charge is 0.242 e. The molecule has 1 heterocycles. The molecule has 1 N–H and O–H groups in total. The monoisotopic (exact) mass is 346 g/mol. The molecule has 3 rings (SSSR count). The van der Waals surface area contributed by atoms with Gasteiger partial charge in [-0.3, -0.25) is 4.79 Å². The van der Waals surface area contributed by atoms with E-state index < -0.39 is 9.84 Å². The van der Waals surface area contributed by atoms with Crippen LogP contribution in [0.5, 0.6) is 0 Å². The summed E-state index contributed by atoms with van der Waals surface area (Å²) in [6.07, 6.45) is 0.540. The van der Waals surface area contributed by atoms with E-state index in [9.17, 15) is 13.2 Å². The van der Waals surface area contributed by atoms with Gasteiger partial charge in [-0.1, -0.05) is 30.3 Å². The Bertz CT molecular complexity index is 848. The molecule has 0 aliphatic carbocycles. The van der Waals surface area contributed by atoms with Crippen LogP contribution in [0, 0.1) is 0 Å². The summed E-state index contributed by atoms with van der Waals surface area (Å²) in [4.78, 5) is 14.2. The number of hydrogen-bond acceptors (Lipinski definition) is 4. The van der Waals surface area contributed by atoms with Crippen LogP contribution < -0.4 is 5.32 Å². The molecule has 1 saturated heterocycles. The molecule has 1 aliphatic rings. The molecule has 1 aliphatic heterocycles. The first-order valence-electron chi connectivity index (χ1n) is 8.21. The topological polar surface area (TPSA) is 66.5 Å². The molecule has 0 spiro atoms. The van der Waals surface area contributed by atoms with Crippen LogP contribution in [0.15, 0.2) is 42.5 Å². The van der Waals surface area contributed by atoms with Crippen molar-refractivity contribution in [1.82, 2.24) is 4.90 Å². The van der Waals surface area contributed by atoms with Crippen molar-refractivity contribution in [2.45, 2.75) is 19.4 Å². The van der Waals surface area contributed by atoms with E-state index in [0.717, 1.165) is 16.5 Å². The predicted molar refractivity (Wildman–Crippen MR) is 96.9 cm³/mol. The maximum Gasteiger partial charge on any atom is 0.242 e. The van der Waals surface area contributed by atoms with Crippen molar-refractivity contribution < 1.29 is 13.2 Å². The summed E-state index contributed by atoms with van der Waals surface area (Å²) >= 11 is 0. The van der Waals surface area contributed by atoms with E-state index >= 15 is 0 Å². The predicted octanol–water partition coefficient (Wildman–Crippen LogP) is 2.29. The van der Waals surface area contributed by atoms with Crippen molar-refractivity contribution in [2.24, 2.45) is 0 Å². The highest BCUT2D eigenvalue weighted by atomic mass is 32.2. The molecule has 1 unspecified atom stereocenters. The molecular weight excluding hydrogens is 324 g/mol. The molecule has 0 radical (unpaired) electrons. The molecule has 5 nitrogen and oxygen atoms in total. The Hall–Kier alpha value is -2.08. The van der Waals surface area contributed by atoms with Crippen LogP contribution >= 0.6 is 0 Å². The average Bonchev–Trinajstić information content (AvgIpc) is 2.93. The Labute approximate surface area is 142 Å². The number of likely N-dealkylation sites (N-methyl/N-ethyl adjacent to an activating group) is 1. The summed E-state index contributed by atoms with van der Waals surface area (Å²) in [6, 6.07) is 13.8. The van der Waals surface area contributed by atoms with Gasteiger partial charge in [0.1, 0.15) is 0 Å². The summed E-state index contributed by atoms with van der Waals surface area (Å²) in [6.45, 7) is 2.58. The molecule has 2 aromatic carbocycles. The molecule has 0 saturated carbocycles. The maximum atomic E-state index is 12.5. The molecule has 6 heteroatoms. The normalized spacial score (nSPS) is 19.3. The summed E-state index contributed by atoms with van der Waals surface area (Å²) in [7, 11) is -2.99. The number of anilines is 1. The lowest BCUT2D eigenvalue weighted by Crippen LogP contribution is -2.43. The van der Waals surface area contributed by atoms with Crippen LogP contribution in [0.4, 0.5) is 5.69 Å². The van der Waals surface area contributed by atoms with Gasteiger partial charge in [0.2, 0.25) is 5.91 Å².